The van der Waals surface area contributed by atoms with Crippen LogP contribution < -0.4 is 16.6 Å². The van der Waals surface area contributed by atoms with Gasteiger partial charge in [0.1, 0.15) is 0 Å². The van der Waals surface area contributed by atoms with Gasteiger partial charge in [-0.25, -0.2) is 5.43 Å². The van der Waals surface area contributed by atoms with Crippen LogP contribution in [0.2, 0.25) is 0 Å². The summed E-state index contributed by atoms with van der Waals surface area (Å²) in [5.74, 6) is 0. The van der Waals surface area contributed by atoms with E-state index in [4.69, 9.17) is 10.7 Å². The molecule has 5 heteroatoms. The first kappa shape index (κ1) is 35.2. The third-order valence-corrected chi connectivity index (χ3v) is 9.21. The maximum Gasteiger partial charge on any atom is 0.0661 e. The van der Waals surface area contributed by atoms with E-state index in [0.29, 0.717) is 0 Å². The van der Waals surface area contributed by atoms with Gasteiger partial charge in [-0.15, -0.1) is 6.58 Å². The Labute approximate surface area is 278 Å². The fourth-order valence-electron chi connectivity index (χ4n) is 6.78. The number of nitrogens with one attached hydrogen (secondary N) is 2. The van der Waals surface area contributed by atoms with Crippen molar-refractivity contribution in [3.05, 3.63) is 103 Å². The zero-order valence-electron chi connectivity index (χ0n) is 29.1. The van der Waals surface area contributed by atoms with E-state index in [9.17, 15) is 0 Å². The van der Waals surface area contributed by atoms with Crippen LogP contribution in [0.4, 0.5) is 0 Å². The SMILES string of the molecule is C=CCCC(C)(C)Cc1c(-c2cccnc2C(C)N)n(CC)c2ccc(-c3cc(CC)cc(CCCCCCNNC=C)c3)cc12. The number of aryl methyl sites for hydroxylation is 3. The first-order valence-corrected chi connectivity index (χ1v) is 17.4. The Morgan fingerprint density at radius 1 is 0.978 bits per heavy atom. The van der Waals surface area contributed by atoms with E-state index >= 15 is 0 Å². The lowest BCUT2D eigenvalue weighted by molar-refractivity contribution is 0.337. The Morgan fingerprint density at radius 2 is 1.76 bits per heavy atom. The first-order chi connectivity index (χ1) is 22.2. The van der Waals surface area contributed by atoms with Gasteiger partial charge in [-0.05, 0) is 116 Å². The second kappa shape index (κ2) is 16.8. The van der Waals surface area contributed by atoms with Crippen molar-refractivity contribution in [2.45, 2.75) is 105 Å². The van der Waals surface area contributed by atoms with Crippen LogP contribution in [0.25, 0.3) is 33.3 Å². The summed E-state index contributed by atoms with van der Waals surface area (Å²) in [6.45, 7) is 20.8. The van der Waals surface area contributed by atoms with E-state index in [0.717, 1.165) is 62.9 Å². The predicted molar refractivity (Wildman–Crippen MR) is 199 cm³/mol. The van der Waals surface area contributed by atoms with Gasteiger partial charge >= 0.3 is 0 Å². The number of aromatic nitrogens is 2. The molecule has 0 aliphatic rings. The molecule has 5 nitrogen and oxygen atoms in total. The smallest absolute Gasteiger partial charge is 0.0661 e. The number of nitrogens with two attached hydrogens (primary N) is 1. The van der Waals surface area contributed by atoms with Crippen LogP contribution in [0, 0.1) is 5.41 Å². The largest absolute Gasteiger partial charge is 0.340 e. The van der Waals surface area contributed by atoms with Crippen LogP contribution in [0.5, 0.6) is 0 Å². The van der Waals surface area contributed by atoms with Gasteiger partial charge in [0.25, 0.3) is 0 Å². The average molecular weight is 620 g/mol. The number of allylic oxidation sites excluding steroid dienone is 1. The molecule has 0 saturated carbocycles. The molecule has 2 aromatic heterocycles. The van der Waals surface area contributed by atoms with Crippen LogP contribution in [0.15, 0.2) is 80.2 Å². The molecule has 0 aliphatic carbocycles. The molecule has 246 valence electrons. The molecule has 4 N–H and O–H groups in total. The quantitative estimate of drug-likeness (QED) is 0.0555. The standard InChI is InChI=1S/C41H57N5/c1-8-12-22-41(6,7)29-37-36-28-33(20-21-38(36)46(11-4)40(37)35-19-17-23-43-39(35)30(5)42)34-26-31(9-2)25-32(27-34)18-15-13-14-16-24-45-44-10-3/h8,10,17,19-21,23,25-28,30,44-45H,1,3,9,11-16,18,22,24,29,42H2,2,4-7H3. The van der Waals surface area contributed by atoms with Crippen molar-refractivity contribution in [1.29, 1.82) is 0 Å². The molecule has 46 heavy (non-hydrogen) atoms. The van der Waals surface area contributed by atoms with E-state index in [2.05, 4.69) is 98.7 Å². The third kappa shape index (κ3) is 8.77. The van der Waals surface area contributed by atoms with Crippen LogP contribution >= 0.6 is 0 Å². The van der Waals surface area contributed by atoms with Gasteiger partial charge in [0, 0.05) is 48.0 Å². The topological polar surface area (TPSA) is 67.9 Å². The number of hydrazine groups is 1. The van der Waals surface area contributed by atoms with Crippen LogP contribution in [-0.2, 0) is 25.8 Å². The lowest BCUT2D eigenvalue weighted by atomic mass is 9.80. The van der Waals surface area contributed by atoms with Crippen molar-refractivity contribution in [2.24, 2.45) is 11.1 Å². The van der Waals surface area contributed by atoms with E-state index in [1.54, 1.807) is 6.20 Å². The Hall–Kier alpha value is -3.67. The monoisotopic (exact) mass is 619 g/mol. The molecule has 1 unspecified atom stereocenters. The van der Waals surface area contributed by atoms with Crippen molar-refractivity contribution in [3.8, 4) is 22.4 Å². The molecule has 4 rings (SSSR count). The zero-order chi connectivity index (χ0) is 33.1. The molecule has 0 amide bonds. The second-order valence-electron chi connectivity index (χ2n) is 13.5. The molecule has 0 radical (unpaired) electrons. The minimum atomic E-state index is -0.155. The van der Waals surface area contributed by atoms with Gasteiger partial charge in [-0.1, -0.05) is 70.5 Å². The van der Waals surface area contributed by atoms with E-state index < -0.39 is 0 Å². The van der Waals surface area contributed by atoms with Crippen molar-refractivity contribution in [3.63, 3.8) is 0 Å². The minimum absolute atomic E-state index is 0.107. The number of rotatable bonds is 19. The lowest BCUT2D eigenvalue weighted by Gasteiger charge is -2.25. The van der Waals surface area contributed by atoms with Gasteiger partial charge in [0.15, 0.2) is 0 Å². The molecular formula is C41H57N5. The van der Waals surface area contributed by atoms with Crippen molar-refractivity contribution >= 4 is 10.9 Å². The summed E-state index contributed by atoms with van der Waals surface area (Å²) < 4.78 is 2.48. The number of unbranched alkanes of at least 4 members (excludes halogenated alkanes) is 3. The minimum Gasteiger partial charge on any atom is -0.340 e. The van der Waals surface area contributed by atoms with Gasteiger partial charge in [-0.2, -0.15) is 0 Å². The number of hydrogen-bond donors (Lipinski definition) is 3. The van der Waals surface area contributed by atoms with Crippen molar-refractivity contribution in [1.82, 2.24) is 20.4 Å². The highest BCUT2D eigenvalue weighted by Crippen LogP contribution is 2.42. The Balaban J connectivity index is 1.76. The second-order valence-corrected chi connectivity index (χ2v) is 13.5. The molecular weight excluding hydrogens is 562 g/mol. The highest BCUT2D eigenvalue weighted by Gasteiger charge is 2.27. The summed E-state index contributed by atoms with van der Waals surface area (Å²) in [6.07, 6.45) is 15.6. The molecule has 0 aliphatic heterocycles. The van der Waals surface area contributed by atoms with Gasteiger partial charge in [-0.3, -0.25) is 4.98 Å². The van der Waals surface area contributed by atoms with E-state index in [-0.39, 0.29) is 11.5 Å². The van der Waals surface area contributed by atoms with Gasteiger partial charge < -0.3 is 15.7 Å². The number of benzene rings is 2. The van der Waals surface area contributed by atoms with Crippen molar-refractivity contribution < 1.29 is 0 Å². The van der Waals surface area contributed by atoms with Crippen molar-refractivity contribution in [2.75, 3.05) is 6.54 Å². The molecule has 2 aromatic carbocycles. The van der Waals surface area contributed by atoms with Crippen LogP contribution in [0.1, 0.15) is 102 Å². The third-order valence-electron chi connectivity index (χ3n) is 9.21. The molecule has 4 aromatic rings. The maximum absolute atomic E-state index is 6.51. The molecule has 0 fully saturated rings. The molecule has 0 saturated heterocycles. The van der Waals surface area contributed by atoms with Crippen LogP contribution in [0.3, 0.4) is 0 Å². The average Bonchev–Trinajstić information content (AvgIpc) is 3.36. The van der Waals surface area contributed by atoms with Gasteiger partial charge in [0.05, 0.1) is 11.4 Å². The summed E-state index contributed by atoms with van der Waals surface area (Å²) in [4.78, 5) is 4.77. The molecule has 0 bridgehead atoms. The molecule has 1 atom stereocenters. The maximum atomic E-state index is 6.51. The Bertz CT molecular complexity index is 1590. The summed E-state index contributed by atoms with van der Waals surface area (Å²) in [6, 6.07) is 18.4. The highest BCUT2D eigenvalue weighted by atomic mass is 15.3. The fourth-order valence-corrected chi connectivity index (χ4v) is 6.78. The van der Waals surface area contributed by atoms with E-state index in [1.807, 2.05) is 25.3 Å². The molecule has 0 spiro atoms. The normalized spacial score (nSPS) is 12.4. The Kier molecular flexibility index (Phi) is 12.8. The summed E-state index contributed by atoms with van der Waals surface area (Å²) in [5.41, 5.74) is 24.2. The predicted octanol–water partition coefficient (Wildman–Crippen LogP) is 9.85. The number of fused-ring (bicyclic) bond motifs is 1. The summed E-state index contributed by atoms with van der Waals surface area (Å²) >= 11 is 0. The summed E-state index contributed by atoms with van der Waals surface area (Å²) in [7, 11) is 0. The van der Waals surface area contributed by atoms with Gasteiger partial charge in [0.2, 0.25) is 0 Å². The molecule has 2 heterocycles. The van der Waals surface area contributed by atoms with E-state index in [1.165, 1.54) is 63.7 Å². The zero-order valence-corrected chi connectivity index (χ0v) is 29.1. The number of hydrogen-bond acceptors (Lipinski definition) is 4. The number of nitrogens with zero attached hydrogens (tertiary/aromatic N) is 2. The van der Waals surface area contributed by atoms with Crippen LogP contribution in [-0.4, -0.2) is 16.1 Å². The summed E-state index contributed by atoms with van der Waals surface area (Å²) in [5, 5.41) is 1.34. The first-order valence-electron chi connectivity index (χ1n) is 17.4. The number of pyridine rings is 1. The lowest BCUT2D eigenvalue weighted by Crippen LogP contribution is -2.27. The Morgan fingerprint density at radius 3 is 2.48 bits per heavy atom. The highest BCUT2D eigenvalue weighted by molar-refractivity contribution is 5.95. The fraction of sp³-hybridized carbons (Fsp3) is 0.439.